The number of methoxy groups -OCH3 is 2. The Hall–Kier alpha value is -3.35. The number of carbonyl (C=O) groups excluding carboxylic acids is 3. The van der Waals surface area contributed by atoms with Crippen LogP contribution in [0.25, 0.3) is 0 Å². The summed E-state index contributed by atoms with van der Waals surface area (Å²) in [7, 11) is 2.86. The maximum atomic E-state index is 13.2. The van der Waals surface area contributed by atoms with Crippen molar-refractivity contribution in [2.75, 3.05) is 27.3 Å². The van der Waals surface area contributed by atoms with Crippen molar-refractivity contribution in [1.82, 2.24) is 9.47 Å². The van der Waals surface area contributed by atoms with Gasteiger partial charge in [0.05, 0.1) is 20.8 Å². The van der Waals surface area contributed by atoms with Crippen LogP contribution in [0.5, 0.6) is 5.75 Å². The van der Waals surface area contributed by atoms with Gasteiger partial charge >= 0.3 is 5.97 Å². The minimum Gasteiger partial charge on any atom is -0.497 e. The third-order valence-corrected chi connectivity index (χ3v) is 5.05. The normalized spacial score (nSPS) is 10.4. The zero-order valence-electron chi connectivity index (χ0n) is 18.2. The van der Waals surface area contributed by atoms with Gasteiger partial charge in [-0.25, -0.2) is 4.79 Å². The average Bonchev–Trinajstić information content (AvgIpc) is 3.01. The lowest BCUT2D eigenvalue weighted by molar-refractivity contribution is 0.0587. The highest BCUT2D eigenvalue weighted by atomic mass is 16.5. The molecule has 0 aliphatic rings. The first-order valence-electron chi connectivity index (χ1n) is 9.66. The quantitative estimate of drug-likeness (QED) is 0.358. The lowest BCUT2D eigenvalue weighted by atomic mass is 10.0. The van der Waals surface area contributed by atoms with Crippen molar-refractivity contribution < 1.29 is 23.9 Å². The van der Waals surface area contributed by atoms with E-state index in [2.05, 4.69) is 6.58 Å². The number of nitrogens with zero attached hydrogens (tertiary/aromatic N) is 2. The fourth-order valence-electron chi connectivity index (χ4n) is 3.60. The predicted octanol–water partition coefficient (Wildman–Crippen LogP) is 3.43. The Bertz CT molecular complexity index is 957. The Kier molecular flexibility index (Phi) is 7.58. The molecule has 0 N–H and O–H groups in total. The molecule has 7 nitrogen and oxygen atoms in total. The van der Waals surface area contributed by atoms with Gasteiger partial charge < -0.3 is 18.9 Å². The third-order valence-electron chi connectivity index (χ3n) is 5.05. The molecule has 0 aliphatic heterocycles. The highest BCUT2D eigenvalue weighted by molar-refractivity contribution is 6.06. The number of hydrogen-bond acceptors (Lipinski definition) is 5. The number of ketones is 1. The summed E-state index contributed by atoms with van der Waals surface area (Å²) in [5, 5.41) is 0. The van der Waals surface area contributed by atoms with Crippen molar-refractivity contribution in [3.05, 3.63) is 65.0 Å². The molecule has 0 spiro atoms. The lowest BCUT2D eigenvalue weighted by Crippen LogP contribution is -2.36. The zero-order chi connectivity index (χ0) is 22.4. The number of esters is 1. The molecule has 1 heterocycles. The lowest BCUT2D eigenvalue weighted by Gasteiger charge is -2.21. The summed E-state index contributed by atoms with van der Waals surface area (Å²) in [4.78, 5) is 39.8. The topological polar surface area (TPSA) is 77.8 Å². The minimum atomic E-state index is -0.492. The van der Waals surface area contributed by atoms with Crippen LogP contribution in [0, 0.1) is 13.8 Å². The average molecular weight is 412 g/mol. The first kappa shape index (κ1) is 22.9. The van der Waals surface area contributed by atoms with Gasteiger partial charge in [0, 0.05) is 29.9 Å². The zero-order valence-corrected chi connectivity index (χ0v) is 18.2. The van der Waals surface area contributed by atoms with Crippen molar-refractivity contribution in [1.29, 1.82) is 0 Å². The largest absolute Gasteiger partial charge is 0.497 e. The molecular weight excluding hydrogens is 384 g/mol. The van der Waals surface area contributed by atoms with Gasteiger partial charge in [-0.15, -0.1) is 6.58 Å². The van der Waals surface area contributed by atoms with Gasteiger partial charge in [-0.3, -0.25) is 9.59 Å². The fourth-order valence-corrected chi connectivity index (χ4v) is 3.60. The fraction of sp³-hybridized carbons (Fsp3) is 0.348. The Morgan fingerprint density at radius 3 is 2.27 bits per heavy atom. The van der Waals surface area contributed by atoms with Crippen molar-refractivity contribution in [2.24, 2.45) is 0 Å². The van der Waals surface area contributed by atoms with E-state index in [9.17, 15) is 14.4 Å². The van der Waals surface area contributed by atoms with Crippen LogP contribution in [0.2, 0.25) is 0 Å². The summed E-state index contributed by atoms with van der Waals surface area (Å²) >= 11 is 0. The maximum Gasteiger partial charge on any atom is 0.354 e. The van der Waals surface area contributed by atoms with Crippen molar-refractivity contribution in [3.8, 4) is 5.75 Å². The Morgan fingerprint density at radius 1 is 1.13 bits per heavy atom. The molecule has 0 bridgehead atoms. The van der Waals surface area contributed by atoms with Crippen LogP contribution >= 0.6 is 0 Å². The first-order chi connectivity index (χ1) is 14.3. The predicted molar refractivity (Wildman–Crippen MR) is 114 cm³/mol. The molecule has 2 aromatic rings. The number of carbonyl (C=O) groups is 3. The monoisotopic (exact) mass is 412 g/mol. The number of amides is 1. The van der Waals surface area contributed by atoms with Crippen molar-refractivity contribution >= 4 is 17.7 Å². The second-order valence-electron chi connectivity index (χ2n) is 6.80. The Morgan fingerprint density at radius 2 is 1.77 bits per heavy atom. The minimum absolute atomic E-state index is 0.132. The number of hydrogen-bond donors (Lipinski definition) is 0. The molecule has 1 amide bonds. The highest BCUT2D eigenvalue weighted by Gasteiger charge is 2.28. The van der Waals surface area contributed by atoms with E-state index < -0.39 is 5.97 Å². The standard InChI is InChI=1S/C23H28N2O5/c1-7-13-24(22(27)17-9-11-18(29-5)12-10-17)14-19(26)20-15(3)21(23(28)30-6)25(8-2)16(20)4/h7,9-12H,1,8,13-14H2,2-6H3. The number of aromatic nitrogens is 1. The van der Waals surface area contributed by atoms with Crippen LogP contribution in [0.3, 0.4) is 0 Å². The molecule has 160 valence electrons. The summed E-state index contributed by atoms with van der Waals surface area (Å²) in [6.07, 6.45) is 1.57. The molecule has 0 radical (unpaired) electrons. The molecule has 30 heavy (non-hydrogen) atoms. The SMILES string of the molecule is C=CCN(CC(=O)c1c(C)c(C(=O)OC)n(CC)c1C)C(=O)c1ccc(OC)cc1. The summed E-state index contributed by atoms with van der Waals surface area (Å²) in [5.41, 5.74) is 2.48. The third kappa shape index (κ3) is 4.45. The molecular formula is C23H28N2O5. The summed E-state index contributed by atoms with van der Waals surface area (Å²) in [6.45, 7) is 9.71. The molecule has 0 fully saturated rings. The molecule has 0 saturated heterocycles. The van der Waals surface area contributed by atoms with Crippen LogP contribution < -0.4 is 4.74 Å². The number of Topliss-reactive ketones (excluding diaryl/α,β-unsaturated/α-hetero) is 1. The van der Waals surface area contributed by atoms with Gasteiger partial charge in [0.2, 0.25) is 0 Å². The number of benzene rings is 1. The van der Waals surface area contributed by atoms with Crippen LogP contribution in [0.1, 0.15) is 49.4 Å². The van der Waals surface area contributed by atoms with E-state index in [4.69, 9.17) is 9.47 Å². The highest BCUT2D eigenvalue weighted by Crippen LogP contribution is 2.24. The maximum absolute atomic E-state index is 13.2. The van der Waals surface area contributed by atoms with Gasteiger partial charge in [0.1, 0.15) is 11.4 Å². The van der Waals surface area contributed by atoms with Crippen molar-refractivity contribution in [2.45, 2.75) is 27.3 Å². The van der Waals surface area contributed by atoms with Gasteiger partial charge in [-0.05, 0) is 50.6 Å². The summed E-state index contributed by atoms with van der Waals surface area (Å²) in [5.74, 6) is -0.385. The molecule has 1 aromatic heterocycles. The summed E-state index contributed by atoms with van der Waals surface area (Å²) in [6, 6.07) is 6.70. The molecule has 2 rings (SSSR count). The Balaban J connectivity index is 2.37. The number of rotatable bonds is 9. The van der Waals surface area contributed by atoms with Crippen molar-refractivity contribution in [3.63, 3.8) is 0 Å². The smallest absolute Gasteiger partial charge is 0.354 e. The Labute approximate surface area is 176 Å². The first-order valence-corrected chi connectivity index (χ1v) is 9.66. The molecule has 0 aliphatic carbocycles. The van der Waals surface area contributed by atoms with Gasteiger partial charge in [0.25, 0.3) is 5.91 Å². The van der Waals surface area contributed by atoms with E-state index in [-0.39, 0.29) is 24.8 Å². The molecule has 0 unspecified atom stereocenters. The number of ether oxygens (including phenoxy) is 2. The molecule has 1 aromatic carbocycles. The van der Waals surface area contributed by atoms with E-state index in [0.29, 0.717) is 40.4 Å². The van der Waals surface area contributed by atoms with E-state index in [1.165, 1.54) is 12.0 Å². The van der Waals surface area contributed by atoms with E-state index >= 15 is 0 Å². The van der Waals surface area contributed by atoms with E-state index in [1.54, 1.807) is 55.9 Å². The van der Waals surface area contributed by atoms with Crippen LogP contribution in [-0.2, 0) is 11.3 Å². The molecule has 0 saturated carbocycles. The van der Waals surface area contributed by atoms with Gasteiger partial charge in [-0.1, -0.05) is 6.08 Å². The molecule has 7 heteroatoms. The van der Waals surface area contributed by atoms with Crippen LogP contribution in [0.4, 0.5) is 0 Å². The second-order valence-corrected chi connectivity index (χ2v) is 6.80. The van der Waals surface area contributed by atoms with Gasteiger partial charge in [0.15, 0.2) is 5.78 Å². The van der Waals surface area contributed by atoms with Gasteiger partial charge in [-0.2, -0.15) is 0 Å². The molecule has 0 atom stereocenters. The van der Waals surface area contributed by atoms with E-state index in [0.717, 1.165) is 0 Å². The van der Waals surface area contributed by atoms with Crippen LogP contribution in [0.15, 0.2) is 36.9 Å². The second kappa shape index (κ2) is 9.91. The van der Waals surface area contributed by atoms with E-state index in [1.807, 2.05) is 6.92 Å². The van der Waals surface area contributed by atoms with Crippen LogP contribution in [-0.4, -0.2) is 54.4 Å². The summed E-state index contributed by atoms with van der Waals surface area (Å²) < 4.78 is 11.8.